The lowest BCUT2D eigenvalue weighted by molar-refractivity contribution is -0.120. The summed E-state index contributed by atoms with van der Waals surface area (Å²) in [4.78, 5) is 31.2. The molecule has 0 unspecified atom stereocenters. The van der Waals surface area contributed by atoms with Crippen molar-refractivity contribution in [3.63, 3.8) is 0 Å². The first-order valence-electron chi connectivity index (χ1n) is 9.67. The molecule has 1 saturated heterocycles. The number of rotatable bonds is 4. The summed E-state index contributed by atoms with van der Waals surface area (Å²) in [5.41, 5.74) is 2.73. The summed E-state index contributed by atoms with van der Waals surface area (Å²) in [6.45, 7) is 3.74. The molecule has 1 aromatic carbocycles. The molecule has 0 N–H and O–H groups in total. The number of piperazine rings is 1. The maximum absolute atomic E-state index is 12.9. The average Bonchev–Trinajstić information content (AvgIpc) is 3.27. The Hall–Kier alpha value is -2.80. The predicted octanol–water partition coefficient (Wildman–Crippen LogP) is 2.03. The number of amides is 2. The zero-order valence-electron chi connectivity index (χ0n) is 16.1. The van der Waals surface area contributed by atoms with Gasteiger partial charge in [0.15, 0.2) is 0 Å². The third kappa shape index (κ3) is 3.75. The number of furan rings is 1. The molecule has 0 radical (unpaired) electrons. The number of carbonyl (C=O) groups excluding carboxylic acids is 2. The number of methoxy groups -OCH3 is 1. The summed E-state index contributed by atoms with van der Waals surface area (Å²) in [5.74, 6) is 0.922. The molecule has 4 rings (SSSR count). The molecule has 2 aliphatic rings. The molecule has 7 nitrogen and oxygen atoms in total. The number of ether oxygens (including phenoxy) is 1. The highest BCUT2D eigenvalue weighted by Crippen LogP contribution is 2.30. The van der Waals surface area contributed by atoms with Gasteiger partial charge in [0, 0.05) is 38.4 Å². The van der Waals surface area contributed by atoms with E-state index in [2.05, 4.69) is 4.90 Å². The molecule has 0 spiro atoms. The molecule has 7 heteroatoms. The van der Waals surface area contributed by atoms with Gasteiger partial charge >= 0.3 is 0 Å². The Labute approximate surface area is 164 Å². The Morgan fingerprint density at radius 2 is 1.93 bits per heavy atom. The molecule has 1 fully saturated rings. The van der Waals surface area contributed by atoms with E-state index in [0.29, 0.717) is 38.3 Å². The van der Waals surface area contributed by atoms with E-state index in [1.54, 1.807) is 13.2 Å². The summed E-state index contributed by atoms with van der Waals surface area (Å²) in [6, 6.07) is 7.59. The highest BCUT2D eigenvalue weighted by Gasteiger charge is 2.27. The van der Waals surface area contributed by atoms with E-state index in [1.165, 1.54) is 12.5 Å². The summed E-state index contributed by atoms with van der Waals surface area (Å²) in [6.07, 6.45) is 4.90. The number of nitrogens with zero attached hydrogens (tertiary/aromatic N) is 3. The van der Waals surface area contributed by atoms with E-state index < -0.39 is 0 Å². The second-order valence-electron chi connectivity index (χ2n) is 7.22. The van der Waals surface area contributed by atoms with Crippen LogP contribution in [0.4, 0.5) is 5.69 Å². The number of carbonyl (C=O) groups is 2. The van der Waals surface area contributed by atoms with Crippen molar-refractivity contribution in [1.29, 1.82) is 0 Å². The molecule has 0 atom stereocenters. The van der Waals surface area contributed by atoms with E-state index in [1.807, 2.05) is 28.0 Å². The highest BCUT2D eigenvalue weighted by molar-refractivity contribution is 5.96. The van der Waals surface area contributed by atoms with Gasteiger partial charge in [0.05, 0.1) is 25.5 Å². The fraction of sp³-hybridized carbons (Fsp3) is 0.429. The third-order valence-corrected chi connectivity index (χ3v) is 5.49. The van der Waals surface area contributed by atoms with E-state index in [4.69, 9.17) is 9.15 Å². The van der Waals surface area contributed by atoms with Crippen LogP contribution >= 0.6 is 0 Å². The highest BCUT2D eigenvalue weighted by atomic mass is 16.5. The van der Waals surface area contributed by atoms with Crippen molar-refractivity contribution in [2.24, 2.45) is 0 Å². The average molecular weight is 383 g/mol. The normalized spacial score (nSPS) is 17.3. The molecule has 2 aliphatic heterocycles. The van der Waals surface area contributed by atoms with Crippen LogP contribution in [0.3, 0.4) is 0 Å². The predicted molar refractivity (Wildman–Crippen MR) is 105 cm³/mol. The molecule has 0 bridgehead atoms. The van der Waals surface area contributed by atoms with E-state index in [9.17, 15) is 9.59 Å². The minimum absolute atomic E-state index is 0.0152. The Kier molecular flexibility index (Phi) is 5.34. The van der Waals surface area contributed by atoms with Gasteiger partial charge in [0.2, 0.25) is 5.91 Å². The molecule has 3 heterocycles. The fourth-order valence-corrected chi connectivity index (χ4v) is 3.91. The van der Waals surface area contributed by atoms with Crippen molar-refractivity contribution in [3.8, 4) is 5.75 Å². The number of fused-ring (bicyclic) bond motifs is 1. The number of anilines is 1. The maximum Gasteiger partial charge on any atom is 0.257 e. The van der Waals surface area contributed by atoms with Crippen LogP contribution in [0.1, 0.15) is 22.3 Å². The van der Waals surface area contributed by atoms with Crippen LogP contribution in [0.2, 0.25) is 0 Å². The van der Waals surface area contributed by atoms with Crippen LogP contribution in [-0.4, -0.2) is 68.0 Å². The van der Waals surface area contributed by atoms with Crippen LogP contribution in [0, 0.1) is 0 Å². The van der Waals surface area contributed by atoms with Crippen molar-refractivity contribution in [1.82, 2.24) is 9.80 Å². The first-order chi connectivity index (χ1) is 13.7. The van der Waals surface area contributed by atoms with E-state index >= 15 is 0 Å². The lowest BCUT2D eigenvalue weighted by Crippen LogP contribution is -2.52. The summed E-state index contributed by atoms with van der Waals surface area (Å²) in [7, 11) is 1.66. The molecule has 2 amide bonds. The Bertz CT molecular complexity index is 841. The van der Waals surface area contributed by atoms with Gasteiger partial charge in [-0.05, 0) is 42.7 Å². The largest absolute Gasteiger partial charge is 0.497 e. The van der Waals surface area contributed by atoms with Crippen LogP contribution in [0.5, 0.6) is 5.75 Å². The smallest absolute Gasteiger partial charge is 0.257 e. The molecular formula is C21H25N3O4. The van der Waals surface area contributed by atoms with Gasteiger partial charge in [-0.25, -0.2) is 0 Å². The number of aryl methyl sites for hydroxylation is 1. The van der Waals surface area contributed by atoms with Gasteiger partial charge in [-0.2, -0.15) is 0 Å². The topological polar surface area (TPSA) is 66.2 Å². The van der Waals surface area contributed by atoms with Crippen molar-refractivity contribution >= 4 is 17.5 Å². The minimum atomic E-state index is -0.0152. The lowest BCUT2D eigenvalue weighted by Gasteiger charge is -2.36. The first-order valence-corrected chi connectivity index (χ1v) is 9.67. The van der Waals surface area contributed by atoms with Gasteiger partial charge in [-0.1, -0.05) is 0 Å². The molecule has 0 aliphatic carbocycles. The third-order valence-electron chi connectivity index (χ3n) is 5.49. The van der Waals surface area contributed by atoms with Crippen molar-refractivity contribution in [2.75, 3.05) is 51.3 Å². The molecule has 28 heavy (non-hydrogen) atoms. The molecule has 2 aromatic rings. The fourth-order valence-electron chi connectivity index (χ4n) is 3.91. The lowest BCUT2D eigenvalue weighted by atomic mass is 10.0. The van der Waals surface area contributed by atoms with Crippen LogP contribution < -0.4 is 9.64 Å². The Balaban J connectivity index is 1.35. The second-order valence-corrected chi connectivity index (χ2v) is 7.22. The van der Waals surface area contributed by atoms with Crippen molar-refractivity contribution in [3.05, 3.63) is 47.9 Å². The van der Waals surface area contributed by atoms with Gasteiger partial charge in [-0.15, -0.1) is 0 Å². The van der Waals surface area contributed by atoms with Crippen molar-refractivity contribution in [2.45, 2.75) is 12.8 Å². The number of hydrogen-bond acceptors (Lipinski definition) is 5. The molecule has 148 valence electrons. The summed E-state index contributed by atoms with van der Waals surface area (Å²) >= 11 is 0. The van der Waals surface area contributed by atoms with E-state index in [0.717, 1.165) is 36.4 Å². The van der Waals surface area contributed by atoms with Gasteiger partial charge < -0.3 is 19.0 Å². The first kappa shape index (κ1) is 18.6. The molecule has 1 aromatic heterocycles. The number of hydrogen-bond donors (Lipinski definition) is 0. The zero-order chi connectivity index (χ0) is 19.5. The Morgan fingerprint density at radius 3 is 2.64 bits per heavy atom. The molecule has 0 saturated carbocycles. The quantitative estimate of drug-likeness (QED) is 0.808. The van der Waals surface area contributed by atoms with Crippen LogP contribution in [0.25, 0.3) is 0 Å². The van der Waals surface area contributed by atoms with Gasteiger partial charge in [-0.3, -0.25) is 14.5 Å². The zero-order valence-corrected chi connectivity index (χ0v) is 16.1. The summed E-state index contributed by atoms with van der Waals surface area (Å²) in [5, 5.41) is 0. The maximum atomic E-state index is 12.9. The number of benzene rings is 1. The standard InChI is InChI=1S/C21H25N3O4/c1-27-18-4-5-19-16(13-18)3-2-7-24(19)20(25)14-22-8-10-23(11-9-22)21(26)17-6-12-28-15-17/h4-6,12-13,15H,2-3,7-11,14H2,1H3. The Morgan fingerprint density at radius 1 is 1.11 bits per heavy atom. The minimum Gasteiger partial charge on any atom is -0.497 e. The van der Waals surface area contributed by atoms with E-state index in [-0.39, 0.29) is 11.8 Å². The molecular weight excluding hydrogens is 358 g/mol. The second kappa shape index (κ2) is 8.06. The van der Waals surface area contributed by atoms with Crippen LogP contribution in [-0.2, 0) is 11.2 Å². The van der Waals surface area contributed by atoms with Crippen molar-refractivity contribution < 1.29 is 18.7 Å². The van der Waals surface area contributed by atoms with Gasteiger partial charge in [0.1, 0.15) is 12.0 Å². The van der Waals surface area contributed by atoms with Crippen LogP contribution in [0.15, 0.2) is 41.2 Å². The SMILES string of the molecule is COc1ccc2c(c1)CCCN2C(=O)CN1CCN(C(=O)c2ccoc2)CC1. The summed E-state index contributed by atoms with van der Waals surface area (Å²) < 4.78 is 10.3. The van der Waals surface area contributed by atoms with Gasteiger partial charge in [0.25, 0.3) is 5.91 Å². The monoisotopic (exact) mass is 383 g/mol.